The Labute approximate surface area is 206 Å². The van der Waals surface area contributed by atoms with Crippen LogP contribution in [0.15, 0.2) is 0 Å². The van der Waals surface area contributed by atoms with Crippen molar-refractivity contribution in [1.82, 2.24) is 4.90 Å². The summed E-state index contributed by atoms with van der Waals surface area (Å²) in [6.07, 6.45) is 11.4. The number of Topliss-reactive ketones (excluding diaryl/α,β-unsaturated/α-hetero) is 1. The number of hydrogen-bond acceptors (Lipinski definition) is 5. The van der Waals surface area contributed by atoms with Crippen molar-refractivity contribution >= 4 is 11.8 Å². The van der Waals surface area contributed by atoms with Gasteiger partial charge >= 0.3 is 5.97 Å². The van der Waals surface area contributed by atoms with Gasteiger partial charge < -0.3 is 9.84 Å². The number of ether oxygens (including phenoxy) is 1. The molecule has 1 heterocycles. The highest BCUT2D eigenvalue weighted by molar-refractivity contribution is 5.79. The zero-order chi connectivity index (χ0) is 24.3. The summed E-state index contributed by atoms with van der Waals surface area (Å²) in [6.45, 7) is 10.9. The number of likely N-dealkylation sites (tertiary alicyclic amines) is 1. The molecule has 0 spiro atoms. The Kier molecular flexibility index (Phi) is 6.45. The minimum Gasteiger partial charge on any atom is -0.461 e. The third-order valence-corrected chi connectivity index (χ3v) is 11.4. The van der Waals surface area contributed by atoms with Crippen molar-refractivity contribution in [3.05, 3.63) is 0 Å². The van der Waals surface area contributed by atoms with Crippen LogP contribution in [0.3, 0.4) is 0 Å². The molecular formula is C29H47NO4. The Morgan fingerprint density at radius 3 is 2.38 bits per heavy atom. The monoisotopic (exact) mass is 473 g/mol. The number of carbonyl (C=O) groups is 2. The Bertz CT molecular complexity index is 804. The summed E-state index contributed by atoms with van der Waals surface area (Å²) in [6, 6.07) is 0. The van der Waals surface area contributed by atoms with Crippen LogP contribution in [0.25, 0.3) is 0 Å². The number of aliphatic hydroxyl groups is 1. The van der Waals surface area contributed by atoms with Crippen molar-refractivity contribution in [3.8, 4) is 0 Å². The summed E-state index contributed by atoms with van der Waals surface area (Å²) in [5, 5.41) is 10.9. The van der Waals surface area contributed by atoms with Gasteiger partial charge in [-0.25, -0.2) is 0 Å². The molecule has 5 heteroatoms. The molecule has 5 aliphatic rings. The fourth-order valence-corrected chi connectivity index (χ4v) is 9.80. The molecule has 1 saturated heterocycles. The second kappa shape index (κ2) is 8.87. The molecule has 192 valence electrons. The molecule has 0 aromatic heterocycles. The lowest BCUT2D eigenvalue weighted by molar-refractivity contribution is -0.205. The second-order valence-corrected chi connectivity index (χ2v) is 13.6. The fourth-order valence-electron chi connectivity index (χ4n) is 9.80. The first-order chi connectivity index (χ1) is 16.0. The first-order valence-electron chi connectivity index (χ1n) is 14.2. The third-order valence-electron chi connectivity index (χ3n) is 11.4. The number of carbonyl (C=O) groups excluding carboxylic acids is 2. The first kappa shape index (κ1) is 24.7. The van der Waals surface area contributed by atoms with E-state index in [4.69, 9.17) is 4.74 Å². The summed E-state index contributed by atoms with van der Waals surface area (Å²) in [7, 11) is 0. The van der Waals surface area contributed by atoms with E-state index >= 15 is 0 Å². The molecule has 5 nitrogen and oxygen atoms in total. The summed E-state index contributed by atoms with van der Waals surface area (Å²) in [5.41, 5.74) is -0.545. The zero-order valence-electron chi connectivity index (χ0n) is 22.0. The maximum absolute atomic E-state index is 13.3. The Morgan fingerprint density at radius 1 is 0.941 bits per heavy atom. The van der Waals surface area contributed by atoms with Crippen LogP contribution in [0.5, 0.6) is 0 Å². The van der Waals surface area contributed by atoms with Crippen LogP contribution in [0.2, 0.25) is 0 Å². The van der Waals surface area contributed by atoms with Crippen molar-refractivity contribution < 1.29 is 19.4 Å². The molecule has 0 aromatic carbocycles. The molecule has 4 aliphatic carbocycles. The van der Waals surface area contributed by atoms with Gasteiger partial charge in [-0.15, -0.1) is 0 Å². The molecule has 4 saturated carbocycles. The predicted octanol–water partition coefficient (Wildman–Crippen LogP) is 4.99. The SMILES string of the molecule is CC(=O)[C@H]1CC[C@H]2[C@@H]3CCC4CC(C)(O)CC[C@]4(C)[C@H]3C(OC(=O)CN3CCCCC3)C[C@]12C. The van der Waals surface area contributed by atoms with E-state index in [1.54, 1.807) is 6.92 Å². The lowest BCUT2D eigenvalue weighted by Gasteiger charge is -2.63. The number of nitrogens with zero attached hydrogens (tertiary/aromatic N) is 1. The number of rotatable bonds is 4. The highest BCUT2D eigenvalue weighted by atomic mass is 16.5. The van der Waals surface area contributed by atoms with E-state index in [0.717, 1.165) is 64.5 Å². The van der Waals surface area contributed by atoms with Gasteiger partial charge in [0.05, 0.1) is 12.1 Å². The molecule has 9 atom stereocenters. The number of fused-ring (bicyclic) bond motifs is 5. The van der Waals surface area contributed by atoms with Crippen LogP contribution in [-0.4, -0.2) is 53.1 Å². The average Bonchev–Trinajstić information content (AvgIpc) is 3.11. The number of piperidine rings is 1. The van der Waals surface area contributed by atoms with Gasteiger partial charge in [0.25, 0.3) is 0 Å². The van der Waals surface area contributed by atoms with Gasteiger partial charge in [-0.2, -0.15) is 0 Å². The van der Waals surface area contributed by atoms with Crippen molar-refractivity contribution in [2.45, 2.75) is 110 Å². The number of ketones is 1. The van der Waals surface area contributed by atoms with E-state index < -0.39 is 5.60 Å². The summed E-state index contributed by atoms with van der Waals surface area (Å²) in [4.78, 5) is 28.2. The van der Waals surface area contributed by atoms with Gasteiger partial charge in [-0.05, 0) is 120 Å². The maximum Gasteiger partial charge on any atom is 0.320 e. The zero-order valence-corrected chi connectivity index (χ0v) is 22.0. The maximum atomic E-state index is 13.3. The molecule has 0 aromatic rings. The molecule has 3 unspecified atom stereocenters. The Morgan fingerprint density at radius 2 is 1.68 bits per heavy atom. The lowest BCUT2D eigenvalue weighted by atomic mass is 9.43. The van der Waals surface area contributed by atoms with E-state index in [0.29, 0.717) is 36.0 Å². The molecule has 5 fully saturated rings. The average molecular weight is 474 g/mol. The van der Waals surface area contributed by atoms with E-state index in [9.17, 15) is 14.7 Å². The van der Waals surface area contributed by atoms with Crippen LogP contribution in [0.1, 0.15) is 98.3 Å². The van der Waals surface area contributed by atoms with Gasteiger partial charge in [0.15, 0.2) is 0 Å². The third kappa shape index (κ3) is 4.17. The number of esters is 1. The predicted molar refractivity (Wildman–Crippen MR) is 132 cm³/mol. The quantitative estimate of drug-likeness (QED) is 0.583. The lowest BCUT2D eigenvalue weighted by Crippen LogP contribution is -2.61. The molecular weight excluding hydrogens is 426 g/mol. The highest BCUT2D eigenvalue weighted by Gasteiger charge is 2.65. The van der Waals surface area contributed by atoms with Crippen LogP contribution in [0.4, 0.5) is 0 Å². The second-order valence-electron chi connectivity index (χ2n) is 13.6. The molecule has 5 rings (SSSR count). The molecule has 1 N–H and O–H groups in total. The van der Waals surface area contributed by atoms with E-state index in [1.165, 1.54) is 19.3 Å². The summed E-state index contributed by atoms with van der Waals surface area (Å²) < 4.78 is 6.48. The van der Waals surface area contributed by atoms with Crippen molar-refractivity contribution in [2.24, 2.45) is 40.4 Å². The van der Waals surface area contributed by atoms with Gasteiger partial charge in [0.2, 0.25) is 0 Å². The highest BCUT2D eigenvalue weighted by Crippen LogP contribution is 2.68. The van der Waals surface area contributed by atoms with Gasteiger partial charge in [-0.3, -0.25) is 14.5 Å². The smallest absolute Gasteiger partial charge is 0.320 e. The van der Waals surface area contributed by atoms with Gasteiger partial charge in [-0.1, -0.05) is 20.3 Å². The van der Waals surface area contributed by atoms with E-state index in [1.807, 2.05) is 6.92 Å². The Balaban J connectivity index is 1.44. The van der Waals surface area contributed by atoms with Crippen LogP contribution in [0, 0.1) is 40.4 Å². The standard InChI is InChI=1S/C29H47NO4/c1-19(31)22-10-11-23-21-9-8-20-16-27(2,33)12-13-28(20,3)26(21)24(17-29(22,23)4)34-25(32)18-30-14-6-5-7-15-30/h20-24,26,33H,5-18H2,1-4H3/t20?,21-,22+,23-,24?,26+,27?,28-,29+/m0/s1. The van der Waals surface area contributed by atoms with Gasteiger partial charge in [0, 0.05) is 11.8 Å². The molecule has 34 heavy (non-hydrogen) atoms. The largest absolute Gasteiger partial charge is 0.461 e. The topological polar surface area (TPSA) is 66.8 Å². The minimum atomic E-state index is -0.576. The van der Waals surface area contributed by atoms with Gasteiger partial charge in [0.1, 0.15) is 11.9 Å². The van der Waals surface area contributed by atoms with Crippen molar-refractivity contribution in [1.29, 1.82) is 0 Å². The fraction of sp³-hybridized carbons (Fsp3) is 0.931. The molecule has 0 bridgehead atoms. The van der Waals surface area contributed by atoms with E-state index in [2.05, 4.69) is 18.7 Å². The first-order valence-corrected chi connectivity index (χ1v) is 14.2. The van der Waals surface area contributed by atoms with Crippen LogP contribution >= 0.6 is 0 Å². The molecule has 1 aliphatic heterocycles. The van der Waals surface area contributed by atoms with E-state index in [-0.39, 0.29) is 28.8 Å². The minimum absolute atomic E-state index is 0.0631. The normalized spacial score (nSPS) is 49.0. The van der Waals surface area contributed by atoms with Crippen LogP contribution in [-0.2, 0) is 14.3 Å². The summed E-state index contributed by atoms with van der Waals surface area (Å²) >= 11 is 0. The molecule has 0 amide bonds. The number of hydrogen-bond donors (Lipinski definition) is 1. The summed E-state index contributed by atoms with van der Waals surface area (Å²) in [5.74, 6) is 2.23. The van der Waals surface area contributed by atoms with Crippen molar-refractivity contribution in [3.63, 3.8) is 0 Å². The van der Waals surface area contributed by atoms with Crippen molar-refractivity contribution in [2.75, 3.05) is 19.6 Å². The Hall–Kier alpha value is -0.940. The van der Waals surface area contributed by atoms with Crippen LogP contribution < -0.4 is 0 Å². The molecule has 0 radical (unpaired) electrons.